The first-order chi connectivity index (χ1) is 8.06. The third kappa shape index (κ3) is 1.89. The molecule has 2 heterocycles. The number of nitrogens with one attached hydrogen (secondary N) is 1. The Balaban J connectivity index is 2.65. The van der Waals surface area contributed by atoms with Gasteiger partial charge in [-0.15, -0.1) is 0 Å². The van der Waals surface area contributed by atoms with Crippen molar-refractivity contribution in [2.75, 3.05) is 6.54 Å². The fourth-order valence-electron chi connectivity index (χ4n) is 1.75. The molecule has 0 unspecified atom stereocenters. The average molecular weight is 252 g/mol. The number of hydrogen-bond acceptors (Lipinski definition) is 2. The van der Waals surface area contributed by atoms with E-state index >= 15 is 0 Å². The van der Waals surface area contributed by atoms with E-state index in [4.69, 9.17) is 11.6 Å². The van der Waals surface area contributed by atoms with Crippen molar-refractivity contribution in [2.45, 2.75) is 20.8 Å². The van der Waals surface area contributed by atoms with Gasteiger partial charge < -0.3 is 9.72 Å². The van der Waals surface area contributed by atoms with Crippen molar-refractivity contribution >= 4 is 23.2 Å². The third-order valence-electron chi connectivity index (χ3n) is 2.86. The molecule has 17 heavy (non-hydrogen) atoms. The quantitative estimate of drug-likeness (QED) is 0.833. The lowest BCUT2D eigenvalue weighted by Crippen LogP contribution is -2.22. The van der Waals surface area contributed by atoms with E-state index in [1.807, 2.05) is 31.4 Å². The molecule has 0 aliphatic heterocycles. The van der Waals surface area contributed by atoms with E-state index < -0.39 is 0 Å². The van der Waals surface area contributed by atoms with E-state index in [0.29, 0.717) is 22.9 Å². The van der Waals surface area contributed by atoms with Gasteiger partial charge in [0.15, 0.2) is 5.65 Å². The smallest absolute Gasteiger partial charge is 0.255 e. The zero-order valence-electron chi connectivity index (χ0n) is 10.0. The second-order valence-corrected chi connectivity index (χ2v) is 4.25. The maximum Gasteiger partial charge on any atom is 0.255 e. The zero-order chi connectivity index (χ0) is 12.6. The summed E-state index contributed by atoms with van der Waals surface area (Å²) in [4.78, 5) is 16.1. The monoisotopic (exact) mass is 251 g/mol. The van der Waals surface area contributed by atoms with Crippen molar-refractivity contribution in [3.8, 4) is 0 Å². The summed E-state index contributed by atoms with van der Waals surface area (Å²) in [5.41, 5.74) is 3.08. The van der Waals surface area contributed by atoms with Crippen LogP contribution in [-0.4, -0.2) is 21.8 Å². The summed E-state index contributed by atoms with van der Waals surface area (Å²) in [7, 11) is 0. The van der Waals surface area contributed by atoms with E-state index in [1.54, 1.807) is 6.07 Å². The molecular formula is C12H14ClN3O. The number of carbonyl (C=O) groups excluding carboxylic acids is 1. The minimum atomic E-state index is -0.123. The van der Waals surface area contributed by atoms with Crippen LogP contribution in [-0.2, 0) is 0 Å². The number of nitrogens with zero attached hydrogens (tertiary/aromatic N) is 2. The van der Waals surface area contributed by atoms with Gasteiger partial charge in [-0.2, -0.15) is 0 Å². The Labute approximate surface area is 105 Å². The summed E-state index contributed by atoms with van der Waals surface area (Å²) in [6.45, 7) is 6.34. The Hall–Kier alpha value is -1.55. The lowest BCUT2D eigenvalue weighted by atomic mass is 10.2. The summed E-state index contributed by atoms with van der Waals surface area (Å²) in [6, 6.07) is 1.76. The van der Waals surface area contributed by atoms with Crippen molar-refractivity contribution in [1.82, 2.24) is 14.7 Å². The molecule has 2 aromatic heterocycles. The largest absolute Gasteiger partial charge is 0.352 e. The molecule has 1 amide bonds. The minimum absolute atomic E-state index is 0.123. The van der Waals surface area contributed by atoms with Crippen molar-refractivity contribution in [1.29, 1.82) is 0 Å². The molecule has 90 valence electrons. The highest BCUT2D eigenvalue weighted by Gasteiger charge is 2.15. The summed E-state index contributed by atoms with van der Waals surface area (Å²) in [6.07, 6.45) is 1.84. The van der Waals surface area contributed by atoms with Crippen LogP contribution >= 0.6 is 11.6 Å². The Morgan fingerprint density at radius 2 is 2.24 bits per heavy atom. The van der Waals surface area contributed by atoms with Gasteiger partial charge in [0.25, 0.3) is 5.91 Å². The molecule has 2 aromatic rings. The molecular weight excluding hydrogens is 238 g/mol. The van der Waals surface area contributed by atoms with Crippen molar-refractivity contribution in [2.24, 2.45) is 0 Å². The van der Waals surface area contributed by atoms with Gasteiger partial charge >= 0.3 is 0 Å². The first-order valence-corrected chi connectivity index (χ1v) is 5.86. The fraction of sp³-hybridized carbons (Fsp3) is 0.333. The van der Waals surface area contributed by atoms with Gasteiger partial charge in [-0.1, -0.05) is 11.6 Å². The molecule has 1 N–H and O–H groups in total. The summed E-state index contributed by atoms with van der Waals surface area (Å²) >= 11 is 6.05. The van der Waals surface area contributed by atoms with Gasteiger partial charge in [-0.3, -0.25) is 4.79 Å². The number of aromatic nitrogens is 2. The number of amides is 1. The fourth-order valence-corrected chi connectivity index (χ4v) is 1.97. The first-order valence-electron chi connectivity index (χ1n) is 5.48. The van der Waals surface area contributed by atoms with Gasteiger partial charge in [0.05, 0.1) is 5.56 Å². The highest BCUT2D eigenvalue weighted by atomic mass is 35.5. The topological polar surface area (TPSA) is 46.4 Å². The molecule has 0 atom stereocenters. The standard InChI is InChI=1S/C12H14ClN3O/c1-4-14-12(17)9-5-6-16-8(3)7(2)10(13)15-11(9)16/h5-6H,4H2,1-3H3,(H,14,17). The van der Waals surface area contributed by atoms with E-state index in [0.717, 1.165) is 11.3 Å². The Morgan fingerprint density at radius 1 is 1.53 bits per heavy atom. The van der Waals surface area contributed by atoms with E-state index in [9.17, 15) is 4.79 Å². The van der Waals surface area contributed by atoms with Gasteiger partial charge in [-0.05, 0) is 26.8 Å². The maximum absolute atomic E-state index is 11.8. The molecule has 0 aromatic carbocycles. The Morgan fingerprint density at radius 3 is 2.88 bits per heavy atom. The second-order valence-electron chi connectivity index (χ2n) is 3.90. The third-order valence-corrected chi connectivity index (χ3v) is 3.23. The molecule has 0 spiro atoms. The lowest BCUT2D eigenvalue weighted by molar-refractivity contribution is 0.0957. The Bertz CT molecular complexity index is 589. The van der Waals surface area contributed by atoms with Crippen LogP contribution in [0.5, 0.6) is 0 Å². The van der Waals surface area contributed by atoms with Crippen LogP contribution in [0.25, 0.3) is 5.65 Å². The zero-order valence-corrected chi connectivity index (χ0v) is 10.8. The van der Waals surface area contributed by atoms with Crippen LogP contribution in [0.1, 0.15) is 28.5 Å². The van der Waals surface area contributed by atoms with Crippen LogP contribution in [0, 0.1) is 13.8 Å². The SMILES string of the molecule is CCNC(=O)c1ccn2c(C)c(C)c(Cl)nc12. The highest BCUT2D eigenvalue weighted by Crippen LogP contribution is 2.21. The number of carbonyl (C=O) groups is 1. The number of fused-ring (bicyclic) bond motifs is 1. The maximum atomic E-state index is 11.8. The highest BCUT2D eigenvalue weighted by molar-refractivity contribution is 6.30. The van der Waals surface area contributed by atoms with Gasteiger partial charge in [0.1, 0.15) is 5.15 Å². The average Bonchev–Trinajstić information content (AvgIpc) is 2.70. The van der Waals surface area contributed by atoms with Gasteiger partial charge in [-0.25, -0.2) is 4.98 Å². The van der Waals surface area contributed by atoms with Crippen molar-refractivity contribution in [3.63, 3.8) is 0 Å². The molecule has 0 saturated carbocycles. The number of halogens is 1. The number of rotatable bonds is 2. The van der Waals surface area contributed by atoms with Gasteiger partial charge in [0, 0.05) is 24.0 Å². The molecule has 0 saturated heterocycles. The van der Waals surface area contributed by atoms with Crippen LogP contribution in [0.2, 0.25) is 5.15 Å². The molecule has 0 radical (unpaired) electrons. The first kappa shape index (κ1) is 11.9. The van der Waals surface area contributed by atoms with E-state index in [1.165, 1.54) is 0 Å². The van der Waals surface area contributed by atoms with Crippen LogP contribution in [0.3, 0.4) is 0 Å². The molecule has 0 bridgehead atoms. The van der Waals surface area contributed by atoms with Crippen molar-refractivity contribution in [3.05, 3.63) is 34.2 Å². The molecule has 2 rings (SSSR count). The molecule has 5 heteroatoms. The summed E-state index contributed by atoms with van der Waals surface area (Å²) in [5.74, 6) is -0.123. The second kappa shape index (κ2) is 4.37. The molecule has 0 aliphatic rings. The van der Waals surface area contributed by atoms with Crippen LogP contribution in [0.4, 0.5) is 0 Å². The summed E-state index contributed by atoms with van der Waals surface area (Å²) in [5, 5.41) is 3.20. The predicted molar refractivity (Wildman–Crippen MR) is 67.7 cm³/mol. The van der Waals surface area contributed by atoms with Crippen LogP contribution in [0.15, 0.2) is 12.3 Å². The van der Waals surface area contributed by atoms with Crippen LogP contribution < -0.4 is 5.32 Å². The molecule has 0 aliphatic carbocycles. The number of hydrogen-bond donors (Lipinski definition) is 1. The van der Waals surface area contributed by atoms with Crippen molar-refractivity contribution < 1.29 is 4.79 Å². The van der Waals surface area contributed by atoms with Gasteiger partial charge in [0.2, 0.25) is 0 Å². The molecule has 4 nitrogen and oxygen atoms in total. The lowest BCUT2D eigenvalue weighted by Gasteiger charge is -2.07. The number of aryl methyl sites for hydroxylation is 1. The van der Waals surface area contributed by atoms with E-state index in [-0.39, 0.29) is 5.91 Å². The normalized spacial score (nSPS) is 10.8. The van der Waals surface area contributed by atoms with E-state index in [2.05, 4.69) is 10.3 Å². The Kier molecular flexibility index (Phi) is 3.07. The minimum Gasteiger partial charge on any atom is -0.352 e. The predicted octanol–water partition coefficient (Wildman–Crippen LogP) is 2.35. The molecule has 0 fully saturated rings. The summed E-state index contributed by atoms with van der Waals surface area (Å²) < 4.78 is 1.88.